The van der Waals surface area contributed by atoms with Gasteiger partial charge in [-0.25, -0.2) is 22.7 Å². The zero-order valence-corrected chi connectivity index (χ0v) is 19.8. The van der Waals surface area contributed by atoms with Crippen molar-refractivity contribution in [2.24, 2.45) is 0 Å². The summed E-state index contributed by atoms with van der Waals surface area (Å²) in [5.74, 6) is -0.937. The van der Waals surface area contributed by atoms with Gasteiger partial charge < -0.3 is 10.1 Å². The second-order valence-corrected chi connectivity index (χ2v) is 9.95. The molecular formula is C22H26N6O5S. The molecule has 1 aromatic carbocycles. The van der Waals surface area contributed by atoms with Gasteiger partial charge in [-0.05, 0) is 43.9 Å². The zero-order valence-electron chi connectivity index (χ0n) is 19.0. The Labute approximate surface area is 197 Å². The molecule has 1 aliphatic heterocycles. The van der Waals surface area contributed by atoms with Crippen LogP contribution in [-0.2, 0) is 26.0 Å². The molecule has 11 nitrogen and oxygen atoms in total. The number of nitrogens with zero attached hydrogens (tertiary/aromatic N) is 5. The summed E-state index contributed by atoms with van der Waals surface area (Å²) in [7, 11) is -3.64. The highest BCUT2D eigenvalue weighted by molar-refractivity contribution is 7.89. The molecule has 1 amide bonds. The Morgan fingerprint density at radius 2 is 1.91 bits per heavy atom. The van der Waals surface area contributed by atoms with Gasteiger partial charge in [-0.1, -0.05) is 19.4 Å². The van der Waals surface area contributed by atoms with E-state index in [4.69, 9.17) is 4.74 Å². The fourth-order valence-corrected chi connectivity index (χ4v) is 5.43. The molecule has 12 heteroatoms. The van der Waals surface area contributed by atoms with Crippen molar-refractivity contribution in [3.8, 4) is 0 Å². The van der Waals surface area contributed by atoms with Crippen LogP contribution in [0.5, 0.6) is 0 Å². The Hall–Kier alpha value is -3.38. The predicted octanol–water partition coefficient (Wildman–Crippen LogP) is 1.97. The van der Waals surface area contributed by atoms with Crippen LogP contribution in [0.2, 0.25) is 0 Å². The number of hydrogen-bond acceptors (Lipinski definition) is 8. The minimum Gasteiger partial charge on any atom is -0.452 e. The van der Waals surface area contributed by atoms with Crippen molar-refractivity contribution in [1.29, 1.82) is 0 Å². The van der Waals surface area contributed by atoms with E-state index in [9.17, 15) is 18.0 Å². The van der Waals surface area contributed by atoms with Crippen LogP contribution >= 0.6 is 0 Å². The third-order valence-electron chi connectivity index (χ3n) is 5.73. The van der Waals surface area contributed by atoms with Crippen LogP contribution in [0, 0.1) is 6.92 Å². The van der Waals surface area contributed by atoms with Crippen LogP contribution in [0.15, 0.2) is 35.6 Å². The highest BCUT2D eigenvalue weighted by Crippen LogP contribution is 2.25. The van der Waals surface area contributed by atoms with Gasteiger partial charge in [-0.15, -0.1) is 0 Å². The van der Waals surface area contributed by atoms with Gasteiger partial charge in [0.1, 0.15) is 6.33 Å². The van der Waals surface area contributed by atoms with Crippen molar-refractivity contribution < 1.29 is 22.7 Å². The largest absolute Gasteiger partial charge is 0.452 e. The van der Waals surface area contributed by atoms with E-state index in [-0.39, 0.29) is 10.5 Å². The van der Waals surface area contributed by atoms with Crippen LogP contribution < -0.4 is 5.32 Å². The Bertz CT molecular complexity index is 1330. The summed E-state index contributed by atoms with van der Waals surface area (Å²) in [5, 5.41) is 6.70. The molecule has 1 aliphatic rings. The van der Waals surface area contributed by atoms with E-state index >= 15 is 0 Å². The second kappa shape index (κ2) is 9.85. The number of nitrogens with one attached hydrogen (secondary N) is 1. The van der Waals surface area contributed by atoms with Gasteiger partial charge in [-0.3, -0.25) is 4.79 Å². The normalized spacial score (nSPS) is 14.8. The molecule has 0 radical (unpaired) electrons. The number of piperidine rings is 1. The maximum absolute atomic E-state index is 13.0. The number of benzene rings is 1. The van der Waals surface area contributed by atoms with Crippen molar-refractivity contribution in [2.45, 2.75) is 44.4 Å². The minimum absolute atomic E-state index is 0.118. The van der Waals surface area contributed by atoms with E-state index in [1.165, 1.54) is 33.5 Å². The minimum atomic E-state index is -3.64. The molecule has 0 bridgehead atoms. The van der Waals surface area contributed by atoms with Crippen molar-refractivity contribution in [1.82, 2.24) is 23.9 Å². The number of rotatable bonds is 7. The number of carbonyl (C=O) groups is 2. The molecule has 2 aromatic heterocycles. The van der Waals surface area contributed by atoms with Gasteiger partial charge >= 0.3 is 5.97 Å². The first kappa shape index (κ1) is 23.8. The summed E-state index contributed by atoms with van der Waals surface area (Å²) in [6.45, 7) is 4.05. The molecule has 34 heavy (non-hydrogen) atoms. The smallest absolute Gasteiger partial charge is 0.342 e. The summed E-state index contributed by atoms with van der Waals surface area (Å²) in [6.07, 6.45) is 5.85. The molecule has 3 aromatic rings. The number of carbonyl (C=O) groups excluding carboxylic acids is 2. The van der Waals surface area contributed by atoms with Gasteiger partial charge in [-0.2, -0.15) is 14.4 Å². The molecule has 3 heterocycles. The van der Waals surface area contributed by atoms with E-state index < -0.39 is 28.5 Å². The van der Waals surface area contributed by atoms with Gasteiger partial charge in [0.25, 0.3) is 11.7 Å². The van der Waals surface area contributed by atoms with Crippen LogP contribution in [0.4, 0.5) is 5.69 Å². The number of esters is 1. The monoisotopic (exact) mass is 486 g/mol. The lowest BCUT2D eigenvalue weighted by molar-refractivity contribution is -0.119. The Kier molecular flexibility index (Phi) is 6.89. The number of hydrogen-bond donors (Lipinski definition) is 1. The lowest BCUT2D eigenvalue weighted by Crippen LogP contribution is -2.35. The first-order valence-electron chi connectivity index (χ1n) is 11.1. The summed E-state index contributed by atoms with van der Waals surface area (Å²) >= 11 is 0. The molecular weight excluding hydrogens is 460 g/mol. The van der Waals surface area contributed by atoms with E-state index in [2.05, 4.69) is 20.4 Å². The van der Waals surface area contributed by atoms with Crippen molar-refractivity contribution in [3.63, 3.8) is 0 Å². The van der Waals surface area contributed by atoms with E-state index in [0.29, 0.717) is 42.2 Å². The van der Waals surface area contributed by atoms with E-state index in [1.54, 1.807) is 13.0 Å². The summed E-state index contributed by atoms with van der Waals surface area (Å²) in [5.41, 5.74) is 1.80. The van der Waals surface area contributed by atoms with Gasteiger partial charge in [0.15, 0.2) is 6.61 Å². The highest BCUT2D eigenvalue weighted by Gasteiger charge is 2.26. The Balaban J connectivity index is 1.44. The fourth-order valence-electron chi connectivity index (χ4n) is 3.88. The number of sulfonamides is 1. The lowest BCUT2D eigenvalue weighted by atomic mass is 10.2. The van der Waals surface area contributed by atoms with Crippen LogP contribution in [0.1, 0.15) is 47.8 Å². The SMILES string of the molecule is CCc1c(C(=O)OCC(=O)Nc2cc(S(=O)(=O)N3CCCCC3)ccc2C)cnc2ncnn12. The maximum atomic E-state index is 13.0. The Morgan fingerprint density at radius 1 is 1.15 bits per heavy atom. The third kappa shape index (κ3) is 4.77. The number of aryl methyl sites for hydroxylation is 2. The standard InChI is InChI=1S/C22H26N6O5S/c1-3-19-17(12-23-22-24-14-25-28(19)22)21(30)33-13-20(29)26-18-11-16(8-7-15(18)2)34(31,32)27-9-5-4-6-10-27/h7-8,11-12,14H,3-6,9-10,13H2,1-2H3,(H,26,29). The third-order valence-corrected chi connectivity index (χ3v) is 7.63. The zero-order chi connectivity index (χ0) is 24.3. The summed E-state index contributed by atoms with van der Waals surface area (Å²) in [4.78, 5) is 33.3. The van der Waals surface area contributed by atoms with Gasteiger partial charge in [0.2, 0.25) is 10.0 Å². The molecule has 0 spiro atoms. The quantitative estimate of drug-likeness (QED) is 0.501. The fraction of sp³-hybridized carbons (Fsp3) is 0.409. The number of ether oxygens (including phenoxy) is 1. The van der Waals surface area contributed by atoms with Crippen molar-refractivity contribution >= 4 is 33.4 Å². The van der Waals surface area contributed by atoms with E-state index in [0.717, 1.165) is 19.3 Å². The molecule has 180 valence electrons. The number of fused-ring (bicyclic) bond motifs is 1. The average molecular weight is 487 g/mol. The van der Waals surface area contributed by atoms with Crippen LogP contribution in [0.25, 0.3) is 5.78 Å². The van der Waals surface area contributed by atoms with E-state index in [1.807, 2.05) is 6.92 Å². The highest BCUT2D eigenvalue weighted by atomic mass is 32.2. The predicted molar refractivity (Wildman–Crippen MR) is 123 cm³/mol. The van der Waals surface area contributed by atoms with Gasteiger partial charge in [0, 0.05) is 25.0 Å². The Morgan fingerprint density at radius 3 is 2.65 bits per heavy atom. The molecule has 0 aliphatic carbocycles. The molecule has 1 saturated heterocycles. The lowest BCUT2D eigenvalue weighted by Gasteiger charge is -2.26. The van der Waals surface area contributed by atoms with Crippen molar-refractivity contribution in [2.75, 3.05) is 25.0 Å². The number of anilines is 1. The number of amides is 1. The number of aromatic nitrogens is 4. The molecule has 0 unspecified atom stereocenters. The first-order valence-corrected chi connectivity index (χ1v) is 12.5. The second-order valence-electron chi connectivity index (χ2n) is 8.01. The molecule has 1 fully saturated rings. The maximum Gasteiger partial charge on any atom is 0.342 e. The molecule has 0 saturated carbocycles. The molecule has 1 N–H and O–H groups in total. The average Bonchev–Trinajstić information content (AvgIpc) is 3.32. The van der Waals surface area contributed by atoms with Crippen LogP contribution in [0.3, 0.4) is 0 Å². The molecule has 4 rings (SSSR count). The van der Waals surface area contributed by atoms with Crippen molar-refractivity contribution in [3.05, 3.63) is 47.5 Å². The summed E-state index contributed by atoms with van der Waals surface area (Å²) < 4.78 is 34.0. The molecule has 0 atom stereocenters. The summed E-state index contributed by atoms with van der Waals surface area (Å²) in [6, 6.07) is 4.62. The first-order chi connectivity index (χ1) is 16.3. The van der Waals surface area contributed by atoms with Gasteiger partial charge in [0.05, 0.1) is 16.2 Å². The topological polar surface area (TPSA) is 136 Å². The van der Waals surface area contributed by atoms with Crippen LogP contribution in [-0.4, -0.2) is 63.9 Å².